The molecule has 1 unspecified atom stereocenters. The summed E-state index contributed by atoms with van der Waals surface area (Å²) in [6.45, 7) is 1.30. The van der Waals surface area contributed by atoms with Gasteiger partial charge >= 0.3 is 0 Å². The number of carbonyl (C=O) groups is 2. The third-order valence-electron chi connectivity index (χ3n) is 5.47. The summed E-state index contributed by atoms with van der Waals surface area (Å²) < 4.78 is 30.5. The van der Waals surface area contributed by atoms with Gasteiger partial charge in [0.25, 0.3) is 5.91 Å². The number of amides is 2. The van der Waals surface area contributed by atoms with Crippen molar-refractivity contribution in [3.8, 4) is 0 Å². The number of sulfone groups is 1. The van der Waals surface area contributed by atoms with Crippen LogP contribution < -0.4 is 16.0 Å². The smallest absolute Gasteiger partial charge is 0.291 e. The molecule has 0 radical (unpaired) electrons. The summed E-state index contributed by atoms with van der Waals surface area (Å²) in [4.78, 5) is 30.6. The monoisotopic (exact) mass is 468 g/mol. The van der Waals surface area contributed by atoms with Crippen molar-refractivity contribution in [2.75, 3.05) is 23.3 Å². The van der Waals surface area contributed by atoms with Gasteiger partial charge in [-0.15, -0.1) is 0 Å². The normalized spacial score (nSPS) is 16.4. The van der Waals surface area contributed by atoms with Crippen LogP contribution in [0, 0.1) is 5.92 Å². The van der Waals surface area contributed by atoms with Crippen LogP contribution >= 0.6 is 0 Å². The molecule has 0 aliphatic carbocycles. The van der Waals surface area contributed by atoms with Gasteiger partial charge in [0.1, 0.15) is 17.3 Å². The molecule has 1 atom stereocenters. The van der Waals surface area contributed by atoms with Gasteiger partial charge in [0.05, 0.1) is 22.7 Å². The van der Waals surface area contributed by atoms with E-state index in [4.69, 9.17) is 10.2 Å². The molecule has 3 aromatic rings. The van der Waals surface area contributed by atoms with Gasteiger partial charge in [-0.2, -0.15) is 0 Å². The molecule has 0 spiro atoms. The van der Waals surface area contributed by atoms with Gasteiger partial charge < -0.3 is 20.4 Å². The highest BCUT2D eigenvalue weighted by molar-refractivity contribution is 7.90. The lowest BCUT2D eigenvalue weighted by atomic mass is 9.97. The first-order chi connectivity index (χ1) is 15.8. The number of hydrogen-bond acceptors (Lipinski definition) is 7. The summed E-state index contributed by atoms with van der Waals surface area (Å²) in [6, 6.07) is 14.4. The Hall–Kier alpha value is -3.66. The van der Waals surface area contributed by atoms with Gasteiger partial charge in [-0.1, -0.05) is 18.2 Å². The summed E-state index contributed by atoms with van der Waals surface area (Å²) in [5, 5.41) is 2.69. The molecular weight excluding hydrogens is 444 g/mol. The lowest BCUT2D eigenvalue weighted by molar-refractivity contribution is -0.122. The number of nitrogens with two attached hydrogens (primary N) is 1. The SMILES string of the molecule is NC(=O)C1CCCN(c2ccc(NC(=O)c3ccc(CS(=O)(=O)c4ccccc4)o3)cn2)C1. The third kappa shape index (κ3) is 5.40. The van der Waals surface area contributed by atoms with E-state index in [1.807, 2.05) is 4.90 Å². The van der Waals surface area contributed by atoms with E-state index in [-0.39, 0.29) is 34.0 Å². The fourth-order valence-corrected chi connectivity index (χ4v) is 5.00. The number of primary amides is 1. The molecule has 1 aromatic carbocycles. The second-order valence-electron chi connectivity index (χ2n) is 7.88. The predicted molar refractivity (Wildman–Crippen MR) is 122 cm³/mol. The molecule has 1 saturated heterocycles. The van der Waals surface area contributed by atoms with E-state index in [0.717, 1.165) is 19.4 Å². The molecule has 2 amide bonds. The average molecular weight is 469 g/mol. The summed E-state index contributed by atoms with van der Waals surface area (Å²) in [7, 11) is -3.58. The molecular formula is C23H24N4O5S. The molecule has 1 fully saturated rings. The van der Waals surface area contributed by atoms with E-state index in [1.165, 1.54) is 30.5 Å². The number of nitrogens with one attached hydrogen (secondary N) is 1. The van der Waals surface area contributed by atoms with Crippen molar-refractivity contribution in [3.63, 3.8) is 0 Å². The van der Waals surface area contributed by atoms with Gasteiger partial charge in [0, 0.05) is 13.1 Å². The quantitative estimate of drug-likeness (QED) is 0.544. The Morgan fingerprint density at radius 3 is 2.61 bits per heavy atom. The number of anilines is 2. The minimum atomic E-state index is -3.58. The van der Waals surface area contributed by atoms with Crippen LogP contribution in [0.4, 0.5) is 11.5 Å². The Morgan fingerprint density at radius 1 is 1.12 bits per heavy atom. The maximum Gasteiger partial charge on any atom is 0.291 e. The van der Waals surface area contributed by atoms with Crippen LogP contribution in [0.25, 0.3) is 0 Å². The molecule has 1 aliphatic rings. The Bertz CT molecular complexity index is 1240. The summed E-state index contributed by atoms with van der Waals surface area (Å²) >= 11 is 0. The molecule has 0 saturated carbocycles. The fourth-order valence-electron chi connectivity index (χ4n) is 3.73. The largest absolute Gasteiger partial charge is 0.455 e. The lowest BCUT2D eigenvalue weighted by Gasteiger charge is -2.32. The van der Waals surface area contributed by atoms with Crippen LogP contribution in [0.2, 0.25) is 0 Å². The zero-order valence-corrected chi connectivity index (χ0v) is 18.6. The van der Waals surface area contributed by atoms with Crippen LogP contribution in [-0.2, 0) is 20.4 Å². The number of hydrogen-bond donors (Lipinski definition) is 2. The highest BCUT2D eigenvalue weighted by Gasteiger charge is 2.25. The molecule has 33 heavy (non-hydrogen) atoms. The topological polar surface area (TPSA) is 136 Å². The van der Waals surface area contributed by atoms with E-state index >= 15 is 0 Å². The van der Waals surface area contributed by atoms with Crippen molar-refractivity contribution < 1.29 is 22.4 Å². The molecule has 0 bridgehead atoms. The van der Waals surface area contributed by atoms with Crippen molar-refractivity contribution in [1.82, 2.24) is 4.98 Å². The number of nitrogens with zero attached hydrogens (tertiary/aromatic N) is 2. The molecule has 2 aromatic heterocycles. The first-order valence-corrected chi connectivity index (χ1v) is 12.2. The number of carbonyl (C=O) groups excluding carboxylic acids is 2. The minimum absolute atomic E-state index is 0.00216. The van der Waals surface area contributed by atoms with Crippen LogP contribution in [-0.4, -0.2) is 38.3 Å². The summed E-state index contributed by atoms with van der Waals surface area (Å²) in [6.07, 6.45) is 3.15. The summed E-state index contributed by atoms with van der Waals surface area (Å²) in [5.74, 6) is -0.492. The second kappa shape index (κ2) is 9.45. The number of aromatic nitrogens is 1. The van der Waals surface area contributed by atoms with E-state index in [2.05, 4.69) is 10.3 Å². The van der Waals surface area contributed by atoms with Crippen molar-refractivity contribution in [3.05, 3.63) is 72.3 Å². The van der Waals surface area contributed by atoms with E-state index in [9.17, 15) is 18.0 Å². The average Bonchev–Trinajstić information content (AvgIpc) is 3.28. The van der Waals surface area contributed by atoms with E-state index in [1.54, 1.807) is 30.3 Å². The van der Waals surface area contributed by atoms with Crippen LogP contribution in [0.1, 0.15) is 29.2 Å². The zero-order valence-electron chi connectivity index (χ0n) is 17.8. The number of piperidine rings is 1. The lowest BCUT2D eigenvalue weighted by Crippen LogP contribution is -2.41. The van der Waals surface area contributed by atoms with Crippen molar-refractivity contribution in [1.29, 1.82) is 0 Å². The molecule has 1 aliphatic heterocycles. The van der Waals surface area contributed by atoms with Crippen molar-refractivity contribution >= 4 is 33.2 Å². The van der Waals surface area contributed by atoms with E-state index in [0.29, 0.717) is 18.1 Å². The highest BCUT2D eigenvalue weighted by atomic mass is 32.2. The molecule has 9 nitrogen and oxygen atoms in total. The van der Waals surface area contributed by atoms with Gasteiger partial charge in [-0.25, -0.2) is 13.4 Å². The first-order valence-electron chi connectivity index (χ1n) is 10.5. The summed E-state index contributed by atoms with van der Waals surface area (Å²) in [5.41, 5.74) is 5.89. The second-order valence-corrected chi connectivity index (χ2v) is 9.87. The molecule has 3 heterocycles. The number of benzene rings is 1. The zero-order chi connectivity index (χ0) is 23.4. The van der Waals surface area contributed by atoms with Crippen molar-refractivity contribution in [2.45, 2.75) is 23.5 Å². The standard InChI is InChI=1S/C23H24N4O5S/c24-22(28)16-5-4-12-27(14-16)21-11-8-17(13-25-21)26-23(29)20-10-9-18(32-20)15-33(30,31)19-6-2-1-3-7-19/h1-3,6-11,13,16H,4-5,12,14-15H2,(H2,24,28)(H,26,29). The number of pyridine rings is 1. The Morgan fingerprint density at radius 2 is 1.91 bits per heavy atom. The van der Waals surface area contributed by atoms with Crippen LogP contribution in [0.15, 0.2) is 70.1 Å². The number of furan rings is 1. The first kappa shape index (κ1) is 22.5. The molecule has 4 rings (SSSR count). The Kier molecular flexibility index (Phi) is 6.45. The van der Waals surface area contributed by atoms with Gasteiger partial charge in [-0.3, -0.25) is 9.59 Å². The molecule has 3 N–H and O–H groups in total. The van der Waals surface area contributed by atoms with Gasteiger partial charge in [-0.05, 0) is 49.2 Å². The van der Waals surface area contributed by atoms with Crippen LogP contribution in [0.5, 0.6) is 0 Å². The Balaban J connectivity index is 1.38. The van der Waals surface area contributed by atoms with Gasteiger partial charge in [0.15, 0.2) is 15.6 Å². The maximum atomic E-state index is 12.5. The van der Waals surface area contributed by atoms with Gasteiger partial charge in [0.2, 0.25) is 5.91 Å². The number of rotatable bonds is 7. The minimum Gasteiger partial charge on any atom is -0.455 e. The molecule has 10 heteroatoms. The predicted octanol–water partition coefficient (Wildman–Crippen LogP) is 2.60. The molecule has 172 valence electrons. The van der Waals surface area contributed by atoms with Crippen LogP contribution in [0.3, 0.4) is 0 Å². The Labute approximate surface area is 191 Å². The van der Waals surface area contributed by atoms with E-state index < -0.39 is 15.7 Å². The maximum absolute atomic E-state index is 12.5. The third-order valence-corrected chi connectivity index (χ3v) is 7.13. The van der Waals surface area contributed by atoms with Crippen molar-refractivity contribution in [2.24, 2.45) is 11.7 Å². The fraction of sp³-hybridized carbons (Fsp3) is 0.261. The highest BCUT2D eigenvalue weighted by Crippen LogP contribution is 2.23.